The summed E-state index contributed by atoms with van der Waals surface area (Å²) in [7, 11) is 0. The molecule has 1 aromatic rings. The summed E-state index contributed by atoms with van der Waals surface area (Å²) in [6.45, 7) is 7.02. The minimum Gasteiger partial charge on any atom is -0.333 e. The van der Waals surface area contributed by atoms with E-state index in [4.69, 9.17) is 0 Å². The molecule has 1 fully saturated rings. The van der Waals surface area contributed by atoms with E-state index < -0.39 is 0 Å². The normalized spacial score (nSPS) is 18.9. The molecular weight excluding hydrogens is 262 g/mol. The molecule has 0 saturated carbocycles. The number of carbonyl (C=O) groups is 2. The standard InChI is InChI=1S/C18H25NO2/c1-13(2)12-16-6-4-5-11-19(16)18(21)17(20)15-9-7-14(3)8-10-15/h7-10,13,16H,4-6,11-12H2,1-3H3/t16-/m0/s1. The van der Waals surface area contributed by atoms with Crippen LogP contribution in [0.5, 0.6) is 0 Å². The van der Waals surface area contributed by atoms with Gasteiger partial charge in [0.1, 0.15) is 0 Å². The molecule has 0 N–H and O–H groups in total. The minimum absolute atomic E-state index is 0.223. The number of hydrogen-bond acceptors (Lipinski definition) is 2. The van der Waals surface area contributed by atoms with Crippen LogP contribution in [0.1, 0.15) is 55.5 Å². The Bertz CT molecular complexity index is 504. The van der Waals surface area contributed by atoms with Crippen molar-refractivity contribution in [2.24, 2.45) is 5.92 Å². The summed E-state index contributed by atoms with van der Waals surface area (Å²) in [5.74, 6) is -0.160. The molecule has 1 aromatic carbocycles. The molecule has 0 radical (unpaired) electrons. The first-order valence-corrected chi connectivity index (χ1v) is 7.91. The number of rotatable bonds is 4. The maximum Gasteiger partial charge on any atom is 0.295 e. The lowest BCUT2D eigenvalue weighted by Crippen LogP contribution is -2.47. The third-order valence-electron chi connectivity index (χ3n) is 4.14. The Hall–Kier alpha value is -1.64. The number of carbonyl (C=O) groups excluding carboxylic acids is 2. The van der Waals surface area contributed by atoms with E-state index in [1.54, 1.807) is 12.1 Å². The second kappa shape index (κ2) is 6.88. The number of piperidine rings is 1. The molecule has 1 aliphatic heterocycles. The van der Waals surface area contributed by atoms with Crippen LogP contribution in [0.25, 0.3) is 0 Å². The Labute approximate surface area is 127 Å². The number of aryl methyl sites for hydroxylation is 1. The van der Waals surface area contributed by atoms with E-state index in [1.807, 2.05) is 24.0 Å². The van der Waals surface area contributed by atoms with Gasteiger partial charge in [-0.2, -0.15) is 0 Å². The molecule has 3 nitrogen and oxygen atoms in total. The van der Waals surface area contributed by atoms with Gasteiger partial charge in [-0.05, 0) is 38.5 Å². The van der Waals surface area contributed by atoms with E-state index in [0.717, 1.165) is 31.2 Å². The topological polar surface area (TPSA) is 37.4 Å². The monoisotopic (exact) mass is 287 g/mol. The summed E-state index contributed by atoms with van der Waals surface area (Å²) >= 11 is 0. The highest BCUT2D eigenvalue weighted by Crippen LogP contribution is 2.23. The average Bonchev–Trinajstić information content (AvgIpc) is 2.46. The lowest BCUT2D eigenvalue weighted by Gasteiger charge is -2.36. The van der Waals surface area contributed by atoms with Crippen molar-refractivity contribution in [3.63, 3.8) is 0 Å². The quantitative estimate of drug-likeness (QED) is 0.626. The third-order valence-corrected chi connectivity index (χ3v) is 4.14. The summed E-state index contributed by atoms with van der Waals surface area (Å²) in [4.78, 5) is 26.8. The second-order valence-corrected chi connectivity index (χ2v) is 6.47. The van der Waals surface area contributed by atoms with Gasteiger partial charge in [0.2, 0.25) is 5.78 Å². The Morgan fingerprint density at radius 2 is 1.86 bits per heavy atom. The Balaban J connectivity index is 2.12. The predicted octanol–water partition coefficient (Wildman–Crippen LogP) is 3.60. The van der Waals surface area contributed by atoms with Gasteiger partial charge in [-0.15, -0.1) is 0 Å². The number of benzene rings is 1. The fourth-order valence-electron chi connectivity index (χ4n) is 3.02. The molecule has 1 amide bonds. The van der Waals surface area contributed by atoms with Gasteiger partial charge >= 0.3 is 0 Å². The van der Waals surface area contributed by atoms with Crippen molar-refractivity contribution in [2.75, 3.05) is 6.54 Å². The number of Topliss-reactive ketones (excluding diaryl/α,β-unsaturated/α-hetero) is 1. The van der Waals surface area contributed by atoms with Crippen LogP contribution in [0, 0.1) is 12.8 Å². The van der Waals surface area contributed by atoms with E-state index in [1.165, 1.54) is 0 Å². The molecule has 0 bridgehead atoms. The fourth-order valence-corrected chi connectivity index (χ4v) is 3.02. The van der Waals surface area contributed by atoms with E-state index in [2.05, 4.69) is 13.8 Å². The van der Waals surface area contributed by atoms with Gasteiger partial charge in [0.05, 0.1) is 0 Å². The molecule has 1 atom stereocenters. The van der Waals surface area contributed by atoms with Crippen LogP contribution in [-0.4, -0.2) is 29.2 Å². The summed E-state index contributed by atoms with van der Waals surface area (Å²) in [5.41, 5.74) is 1.59. The first kappa shape index (κ1) is 15.7. The molecule has 3 heteroatoms. The molecule has 0 spiro atoms. The zero-order chi connectivity index (χ0) is 15.4. The maximum atomic E-state index is 12.6. The molecule has 1 heterocycles. The number of amides is 1. The van der Waals surface area contributed by atoms with Gasteiger partial charge in [0, 0.05) is 18.2 Å². The van der Waals surface area contributed by atoms with Gasteiger partial charge in [-0.25, -0.2) is 0 Å². The molecule has 1 saturated heterocycles. The van der Waals surface area contributed by atoms with Crippen molar-refractivity contribution < 1.29 is 9.59 Å². The first-order valence-electron chi connectivity index (χ1n) is 7.91. The Kier molecular flexibility index (Phi) is 5.16. The Morgan fingerprint density at radius 1 is 1.19 bits per heavy atom. The van der Waals surface area contributed by atoms with E-state index >= 15 is 0 Å². The van der Waals surface area contributed by atoms with E-state index in [9.17, 15) is 9.59 Å². The van der Waals surface area contributed by atoms with Crippen LogP contribution in [0.4, 0.5) is 0 Å². The van der Waals surface area contributed by atoms with Crippen LogP contribution in [0.3, 0.4) is 0 Å². The lowest BCUT2D eigenvalue weighted by atomic mass is 9.93. The van der Waals surface area contributed by atoms with Crippen molar-refractivity contribution in [1.29, 1.82) is 0 Å². The van der Waals surface area contributed by atoms with Gasteiger partial charge in [0.25, 0.3) is 5.91 Å². The van der Waals surface area contributed by atoms with Crippen LogP contribution in [0.15, 0.2) is 24.3 Å². The average molecular weight is 287 g/mol. The van der Waals surface area contributed by atoms with E-state index in [0.29, 0.717) is 18.0 Å². The lowest BCUT2D eigenvalue weighted by molar-refractivity contribution is -0.130. The van der Waals surface area contributed by atoms with Crippen molar-refractivity contribution >= 4 is 11.7 Å². The van der Waals surface area contributed by atoms with Crippen molar-refractivity contribution in [1.82, 2.24) is 4.90 Å². The van der Waals surface area contributed by atoms with Gasteiger partial charge < -0.3 is 4.90 Å². The highest BCUT2D eigenvalue weighted by molar-refractivity contribution is 6.42. The van der Waals surface area contributed by atoms with Crippen LogP contribution in [0.2, 0.25) is 0 Å². The number of hydrogen-bond donors (Lipinski definition) is 0. The third kappa shape index (κ3) is 3.93. The molecule has 0 aromatic heterocycles. The predicted molar refractivity (Wildman–Crippen MR) is 84.3 cm³/mol. The van der Waals surface area contributed by atoms with Crippen molar-refractivity contribution in [3.8, 4) is 0 Å². The van der Waals surface area contributed by atoms with Crippen molar-refractivity contribution in [2.45, 2.75) is 52.5 Å². The van der Waals surface area contributed by atoms with Crippen LogP contribution >= 0.6 is 0 Å². The number of nitrogens with zero attached hydrogens (tertiary/aromatic N) is 1. The summed E-state index contributed by atoms with van der Waals surface area (Å²) in [6.07, 6.45) is 4.15. The van der Waals surface area contributed by atoms with Gasteiger partial charge in [0.15, 0.2) is 0 Å². The molecule has 114 valence electrons. The van der Waals surface area contributed by atoms with Crippen molar-refractivity contribution in [3.05, 3.63) is 35.4 Å². The highest BCUT2D eigenvalue weighted by atomic mass is 16.2. The first-order chi connectivity index (χ1) is 9.99. The minimum atomic E-state index is -0.370. The summed E-state index contributed by atoms with van der Waals surface area (Å²) in [6, 6.07) is 7.47. The molecule has 2 rings (SSSR count). The highest BCUT2D eigenvalue weighted by Gasteiger charge is 2.31. The Morgan fingerprint density at radius 3 is 2.48 bits per heavy atom. The largest absolute Gasteiger partial charge is 0.333 e. The van der Waals surface area contributed by atoms with Crippen LogP contribution in [-0.2, 0) is 4.79 Å². The smallest absolute Gasteiger partial charge is 0.295 e. The molecule has 1 aliphatic rings. The van der Waals surface area contributed by atoms with Gasteiger partial charge in [-0.3, -0.25) is 9.59 Å². The van der Waals surface area contributed by atoms with E-state index in [-0.39, 0.29) is 17.7 Å². The molecule has 0 aliphatic carbocycles. The van der Waals surface area contributed by atoms with Crippen LogP contribution < -0.4 is 0 Å². The molecular formula is C18H25NO2. The zero-order valence-electron chi connectivity index (χ0n) is 13.3. The molecule has 0 unspecified atom stereocenters. The SMILES string of the molecule is Cc1ccc(C(=O)C(=O)N2CCCC[C@H]2CC(C)C)cc1. The number of likely N-dealkylation sites (tertiary alicyclic amines) is 1. The fraction of sp³-hybridized carbons (Fsp3) is 0.556. The number of ketones is 1. The zero-order valence-corrected chi connectivity index (χ0v) is 13.3. The summed E-state index contributed by atoms with van der Waals surface area (Å²) in [5, 5.41) is 0. The maximum absolute atomic E-state index is 12.6. The molecule has 21 heavy (non-hydrogen) atoms. The summed E-state index contributed by atoms with van der Waals surface area (Å²) < 4.78 is 0. The second-order valence-electron chi connectivity index (χ2n) is 6.47. The van der Waals surface area contributed by atoms with Gasteiger partial charge in [-0.1, -0.05) is 43.7 Å².